The minimum atomic E-state index is 0.583. The van der Waals surface area contributed by atoms with Crippen LogP contribution in [0.1, 0.15) is 36.7 Å². The van der Waals surface area contributed by atoms with Crippen molar-refractivity contribution in [3.63, 3.8) is 0 Å². The number of aromatic nitrogens is 2. The van der Waals surface area contributed by atoms with Crippen molar-refractivity contribution in [1.82, 2.24) is 9.78 Å². The van der Waals surface area contributed by atoms with Crippen molar-refractivity contribution >= 4 is 0 Å². The number of hydrogen-bond acceptors (Lipinski definition) is 1. The molecule has 0 saturated heterocycles. The van der Waals surface area contributed by atoms with Crippen LogP contribution in [0.25, 0.3) is 11.1 Å². The Bertz CT molecular complexity index is 519. The van der Waals surface area contributed by atoms with Crippen molar-refractivity contribution in [2.75, 3.05) is 0 Å². The minimum absolute atomic E-state index is 0.583. The van der Waals surface area contributed by atoms with Gasteiger partial charge in [-0.05, 0) is 30.9 Å². The molecule has 0 aliphatic rings. The zero-order chi connectivity index (χ0) is 12.6. The first-order valence-corrected chi connectivity index (χ1v) is 6.11. The average molecular weight is 228 g/mol. The van der Waals surface area contributed by atoms with Crippen LogP contribution in [0.3, 0.4) is 0 Å². The van der Waals surface area contributed by atoms with Gasteiger partial charge in [0.2, 0.25) is 0 Å². The molecule has 2 nitrogen and oxygen atoms in total. The summed E-state index contributed by atoms with van der Waals surface area (Å²) in [6.07, 6.45) is 0. The maximum atomic E-state index is 4.46. The van der Waals surface area contributed by atoms with Crippen molar-refractivity contribution in [1.29, 1.82) is 0 Å². The Kier molecular flexibility index (Phi) is 3.05. The number of nitrogens with zero attached hydrogens (tertiary/aromatic N) is 2. The summed E-state index contributed by atoms with van der Waals surface area (Å²) in [5.74, 6) is 0.583. The third-order valence-electron chi connectivity index (χ3n) is 3.38. The van der Waals surface area contributed by atoms with Crippen LogP contribution >= 0.6 is 0 Å². The zero-order valence-electron chi connectivity index (χ0n) is 11.3. The standard InChI is InChI=1S/C15H20N2/c1-10(2)13-6-8-14(9-7-13)15-11(3)16-17(5)12(15)4/h6-10H,1-5H3. The van der Waals surface area contributed by atoms with Crippen molar-refractivity contribution < 1.29 is 0 Å². The van der Waals surface area contributed by atoms with E-state index in [2.05, 4.69) is 57.1 Å². The molecule has 17 heavy (non-hydrogen) atoms. The molecule has 0 atom stereocenters. The molecule has 2 rings (SSSR count). The largest absolute Gasteiger partial charge is 0.272 e. The molecule has 0 radical (unpaired) electrons. The third-order valence-corrected chi connectivity index (χ3v) is 3.38. The van der Waals surface area contributed by atoms with Crippen LogP contribution in [0.4, 0.5) is 0 Å². The quantitative estimate of drug-likeness (QED) is 0.764. The lowest BCUT2D eigenvalue weighted by Gasteiger charge is -2.07. The lowest BCUT2D eigenvalue weighted by atomic mass is 9.98. The van der Waals surface area contributed by atoms with Crippen LogP contribution in [0.2, 0.25) is 0 Å². The molecule has 0 amide bonds. The van der Waals surface area contributed by atoms with Crippen molar-refractivity contribution in [3.8, 4) is 11.1 Å². The molecule has 0 unspecified atom stereocenters. The van der Waals surface area contributed by atoms with E-state index in [1.165, 1.54) is 22.4 Å². The molecule has 1 aromatic heterocycles. The molecule has 2 aromatic rings. The fourth-order valence-electron chi connectivity index (χ4n) is 2.23. The molecule has 0 saturated carbocycles. The highest BCUT2D eigenvalue weighted by atomic mass is 15.3. The smallest absolute Gasteiger partial charge is 0.0674 e. The fourth-order valence-corrected chi connectivity index (χ4v) is 2.23. The highest BCUT2D eigenvalue weighted by Gasteiger charge is 2.11. The first kappa shape index (κ1) is 11.9. The van der Waals surface area contributed by atoms with Crippen molar-refractivity contribution in [3.05, 3.63) is 41.2 Å². The van der Waals surface area contributed by atoms with Gasteiger partial charge in [-0.15, -0.1) is 0 Å². The second-order valence-electron chi connectivity index (χ2n) is 4.95. The van der Waals surface area contributed by atoms with Gasteiger partial charge in [-0.25, -0.2) is 0 Å². The maximum Gasteiger partial charge on any atom is 0.0674 e. The number of benzene rings is 1. The molecule has 1 heterocycles. The van der Waals surface area contributed by atoms with Gasteiger partial charge in [-0.3, -0.25) is 4.68 Å². The Labute approximate surface area is 103 Å². The van der Waals surface area contributed by atoms with E-state index < -0.39 is 0 Å². The summed E-state index contributed by atoms with van der Waals surface area (Å²) in [6.45, 7) is 8.62. The van der Waals surface area contributed by atoms with Gasteiger partial charge >= 0.3 is 0 Å². The van der Waals surface area contributed by atoms with Gasteiger partial charge in [-0.1, -0.05) is 38.1 Å². The normalized spacial score (nSPS) is 11.2. The second-order valence-corrected chi connectivity index (χ2v) is 4.95. The number of aryl methyl sites for hydroxylation is 2. The summed E-state index contributed by atoms with van der Waals surface area (Å²) in [7, 11) is 1.99. The molecule has 0 fully saturated rings. The minimum Gasteiger partial charge on any atom is -0.272 e. The fraction of sp³-hybridized carbons (Fsp3) is 0.400. The van der Waals surface area contributed by atoms with E-state index in [-0.39, 0.29) is 0 Å². The van der Waals surface area contributed by atoms with Gasteiger partial charge in [0, 0.05) is 18.3 Å². The summed E-state index contributed by atoms with van der Waals surface area (Å²) in [5.41, 5.74) is 6.23. The Balaban J connectivity index is 2.47. The van der Waals surface area contributed by atoms with Gasteiger partial charge in [0.1, 0.15) is 0 Å². The molecule has 0 aliphatic heterocycles. The van der Waals surface area contributed by atoms with Crippen LogP contribution in [0.5, 0.6) is 0 Å². The van der Waals surface area contributed by atoms with E-state index in [4.69, 9.17) is 0 Å². The summed E-state index contributed by atoms with van der Waals surface area (Å²) >= 11 is 0. The maximum absolute atomic E-state index is 4.46. The molecule has 0 spiro atoms. The SMILES string of the molecule is Cc1nn(C)c(C)c1-c1ccc(C(C)C)cc1. The molecular weight excluding hydrogens is 208 g/mol. The molecule has 0 bridgehead atoms. The predicted molar refractivity (Wildman–Crippen MR) is 72.2 cm³/mol. The first-order valence-electron chi connectivity index (χ1n) is 6.11. The third kappa shape index (κ3) is 2.12. The monoisotopic (exact) mass is 228 g/mol. The first-order chi connectivity index (χ1) is 8.00. The van der Waals surface area contributed by atoms with E-state index >= 15 is 0 Å². The van der Waals surface area contributed by atoms with Gasteiger partial charge in [0.05, 0.1) is 5.69 Å². The van der Waals surface area contributed by atoms with Gasteiger partial charge in [0.25, 0.3) is 0 Å². The van der Waals surface area contributed by atoms with E-state index in [1.54, 1.807) is 0 Å². The predicted octanol–water partition coefficient (Wildman–Crippen LogP) is 3.83. The van der Waals surface area contributed by atoms with Crippen LogP contribution < -0.4 is 0 Å². The summed E-state index contributed by atoms with van der Waals surface area (Å²) in [4.78, 5) is 0. The van der Waals surface area contributed by atoms with Crippen molar-refractivity contribution in [2.24, 2.45) is 7.05 Å². The van der Waals surface area contributed by atoms with Crippen LogP contribution in [-0.4, -0.2) is 9.78 Å². The van der Waals surface area contributed by atoms with E-state index in [0.29, 0.717) is 5.92 Å². The second kappa shape index (κ2) is 4.36. The van der Waals surface area contributed by atoms with Crippen LogP contribution in [0.15, 0.2) is 24.3 Å². The van der Waals surface area contributed by atoms with Crippen LogP contribution in [0, 0.1) is 13.8 Å². The van der Waals surface area contributed by atoms with Gasteiger partial charge < -0.3 is 0 Å². The average Bonchev–Trinajstić information content (AvgIpc) is 2.53. The van der Waals surface area contributed by atoms with E-state index in [1.807, 2.05) is 11.7 Å². The number of hydrogen-bond donors (Lipinski definition) is 0. The lowest BCUT2D eigenvalue weighted by molar-refractivity contribution is 0.731. The highest BCUT2D eigenvalue weighted by Crippen LogP contribution is 2.27. The Morgan fingerprint density at radius 2 is 1.65 bits per heavy atom. The number of rotatable bonds is 2. The molecule has 90 valence electrons. The summed E-state index contributed by atoms with van der Waals surface area (Å²) in [6, 6.07) is 8.83. The van der Waals surface area contributed by atoms with Gasteiger partial charge in [0.15, 0.2) is 0 Å². The Hall–Kier alpha value is -1.57. The highest BCUT2D eigenvalue weighted by molar-refractivity contribution is 5.68. The topological polar surface area (TPSA) is 17.8 Å². The summed E-state index contributed by atoms with van der Waals surface area (Å²) < 4.78 is 1.95. The zero-order valence-corrected chi connectivity index (χ0v) is 11.3. The van der Waals surface area contributed by atoms with Gasteiger partial charge in [-0.2, -0.15) is 5.10 Å². The molecular formula is C15H20N2. The molecule has 2 heteroatoms. The summed E-state index contributed by atoms with van der Waals surface area (Å²) in [5, 5.41) is 4.46. The lowest BCUT2D eigenvalue weighted by Crippen LogP contribution is -1.92. The van der Waals surface area contributed by atoms with E-state index in [9.17, 15) is 0 Å². The Morgan fingerprint density at radius 3 is 2.06 bits per heavy atom. The molecule has 0 aliphatic carbocycles. The van der Waals surface area contributed by atoms with E-state index in [0.717, 1.165) is 5.69 Å². The molecule has 0 N–H and O–H groups in total. The van der Waals surface area contributed by atoms with Crippen LogP contribution in [-0.2, 0) is 7.05 Å². The molecule has 1 aromatic carbocycles. The Morgan fingerprint density at radius 1 is 1.06 bits per heavy atom. The van der Waals surface area contributed by atoms with Crippen molar-refractivity contribution in [2.45, 2.75) is 33.6 Å².